The largest absolute Gasteiger partial charge is 0.324 e. The van der Waals surface area contributed by atoms with Gasteiger partial charge in [-0.05, 0) is 70.7 Å². The number of aryl methyl sites for hydroxylation is 1. The third-order valence-corrected chi connectivity index (χ3v) is 6.67. The van der Waals surface area contributed by atoms with E-state index in [9.17, 15) is 0 Å². The van der Waals surface area contributed by atoms with Crippen LogP contribution in [0.2, 0.25) is 0 Å². The minimum Gasteiger partial charge on any atom is -0.324 e. The van der Waals surface area contributed by atoms with Crippen molar-refractivity contribution in [2.75, 3.05) is 11.6 Å². The third kappa shape index (κ3) is 4.26. The van der Waals surface area contributed by atoms with E-state index >= 15 is 0 Å². The Bertz CT molecular complexity index is 899. The predicted molar refractivity (Wildman–Crippen MR) is 126 cm³/mol. The van der Waals surface area contributed by atoms with E-state index in [1.54, 1.807) is 0 Å². The van der Waals surface area contributed by atoms with E-state index in [0.29, 0.717) is 12.0 Å². The molecule has 1 heterocycles. The minimum absolute atomic E-state index is 0.0731. The molecular weight excluding hydrogens is 354 g/mol. The molecule has 0 spiro atoms. The van der Waals surface area contributed by atoms with E-state index in [1.165, 1.54) is 44.7 Å². The van der Waals surface area contributed by atoms with Crippen molar-refractivity contribution < 1.29 is 0 Å². The fraction of sp³-hybridized carbons (Fsp3) is 0.462. The first-order valence-corrected chi connectivity index (χ1v) is 10.9. The van der Waals surface area contributed by atoms with Gasteiger partial charge in [-0.1, -0.05) is 59.6 Å². The zero-order valence-electron chi connectivity index (χ0n) is 19.1. The number of nitrogens with one attached hydrogen (secondary N) is 1. The summed E-state index contributed by atoms with van der Waals surface area (Å²) in [5.41, 5.74) is 20.7. The van der Waals surface area contributed by atoms with Crippen molar-refractivity contribution >= 4 is 5.69 Å². The molecule has 3 rings (SSSR count). The molecule has 156 valence electrons. The summed E-state index contributed by atoms with van der Waals surface area (Å²) in [7, 11) is 0. The fourth-order valence-corrected chi connectivity index (χ4v) is 4.40. The Morgan fingerprint density at radius 2 is 1.93 bits per heavy atom. The highest BCUT2D eigenvalue weighted by Crippen LogP contribution is 2.44. The standard InChI is InChI=1S/C26H37N3/c1-8-18(4)24(20(6)19(5)21(7)27)15-28-29-25-11-9-16(2)13-22(25)23-14-17(3)10-12-26(23)29/h9-14,21-22,25,28H,8,15,27H2,1-7H3/b20-19-,24-18-. The van der Waals surface area contributed by atoms with Crippen LogP contribution in [0.1, 0.15) is 65.0 Å². The van der Waals surface area contributed by atoms with Gasteiger partial charge < -0.3 is 10.7 Å². The van der Waals surface area contributed by atoms with Crippen molar-refractivity contribution in [1.82, 2.24) is 5.43 Å². The summed E-state index contributed by atoms with van der Waals surface area (Å²) < 4.78 is 0. The van der Waals surface area contributed by atoms with Gasteiger partial charge in [-0.25, -0.2) is 5.43 Å². The normalized spacial score (nSPS) is 23.2. The number of hydrogen-bond acceptors (Lipinski definition) is 3. The first-order valence-electron chi connectivity index (χ1n) is 10.9. The predicted octanol–water partition coefficient (Wildman–Crippen LogP) is 5.70. The molecule has 3 atom stereocenters. The SMILES string of the molecule is CC/C(C)=C(CNN1c2ccc(C)cc2C2C=C(C)C=CC21)\C(C)=C(\C)C(C)N. The summed E-state index contributed by atoms with van der Waals surface area (Å²) in [5, 5.41) is 2.37. The molecule has 0 aromatic heterocycles. The summed E-state index contributed by atoms with van der Waals surface area (Å²) in [4.78, 5) is 0. The molecule has 1 aromatic rings. The van der Waals surface area contributed by atoms with Crippen LogP contribution in [0.4, 0.5) is 5.69 Å². The molecule has 3 N–H and O–H groups in total. The number of hydrazine groups is 1. The zero-order valence-corrected chi connectivity index (χ0v) is 19.1. The van der Waals surface area contributed by atoms with E-state index in [0.717, 1.165) is 13.0 Å². The Kier molecular flexibility index (Phi) is 6.50. The highest BCUT2D eigenvalue weighted by atomic mass is 15.5. The highest BCUT2D eigenvalue weighted by molar-refractivity contribution is 5.66. The average molecular weight is 392 g/mol. The molecule has 0 amide bonds. The number of fused-ring (bicyclic) bond motifs is 3. The summed E-state index contributed by atoms with van der Waals surface area (Å²) in [6.45, 7) is 16.1. The van der Waals surface area contributed by atoms with E-state index in [1.807, 2.05) is 0 Å². The van der Waals surface area contributed by atoms with Crippen LogP contribution in [0.25, 0.3) is 0 Å². The molecule has 1 aliphatic heterocycles. The number of nitrogens with two attached hydrogens (primary N) is 1. The average Bonchev–Trinajstić information content (AvgIpc) is 2.99. The van der Waals surface area contributed by atoms with Crippen LogP contribution in [0, 0.1) is 6.92 Å². The minimum atomic E-state index is 0.0731. The summed E-state index contributed by atoms with van der Waals surface area (Å²) in [6.07, 6.45) is 8.04. The summed E-state index contributed by atoms with van der Waals surface area (Å²) >= 11 is 0. The van der Waals surface area contributed by atoms with Crippen LogP contribution in [-0.2, 0) is 0 Å². The van der Waals surface area contributed by atoms with Crippen molar-refractivity contribution in [1.29, 1.82) is 0 Å². The molecule has 0 radical (unpaired) electrons. The summed E-state index contributed by atoms with van der Waals surface area (Å²) in [5.74, 6) is 0.407. The van der Waals surface area contributed by atoms with Gasteiger partial charge in [-0.15, -0.1) is 0 Å². The van der Waals surface area contributed by atoms with Crippen molar-refractivity contribution in [3.63, 3.8) is 0 Å². The topological polar surface area (TPSA) is 41.3 Å². The van der Waals surface area contributed by atoms with Crippen LogP contribution in [0.5, 0.6) is 0 Å². The molecule has 29 heavy (non-hydrogen) atoms. The second kappa shape index (κ2) is 8.73. The molecule has 0 saturated heterocycles. The van der Waals surface area contributed by atoms with Crippen molar-refractivity contribution in [2.45, 2.75) is 72.9 Å². The zero-order chi connectivity index (χ0) is 21.3. The van der Waals surface area contributed by atoms with Gasteiger partial charge in [0.05, 0.1) is 11.7 Å². The van der Waals surface area contributed by atoms with Gasteiger partial charge >= 0.3 is 0 Å². The van der Waals surface area contributed by atoms with Gasteiger partial charge in [0, 0.05) is 18.5 Å². The number of nitrogens with zero attached hydrogens (tertiary/aromatic N) is 1. The van der Waals surface area contributed by atoms with Gasteiger partial charge in [0.1, 0.15) is 0 Å². The summed E-state index contributed by atoms with van der Waals surface area (Å²) in [6, 6.07) is 7.21. The Morgan fingerprint density at radius 1 is 1.21 bits per heavy atom. The molecule has 0 bridgehead atoms. The fourth-order valence-electron chi connectivity index (χ4n) is 4.40. The van der Waals surface area contributed by atoms with Crippen LogP contribution in [0.3, 0.4) is 0 Å². The molecule has 0 saturated carbocycles. The first-order chi connectivity index (χ1) is 13.7. The van der Waals surface area contributed by atoms with Gasteiger partial charge in [0.15, 0.2) is 0 Å². The molecule has 3 unspecified atom stereocenters. The third-order valence-electron chi connectivity index (χ3n) is 6.67. The maximum Gasteiger partial charge on any atom is 0.0742 e. The quantitative estimate of drug-likeness (QED) is 0.611. The van der Waals surface area contributed by atoms with Crippen molar-refractivity contribution in [3.8, 4) is 0 Å². The Labute approximate surface area is 177 Å². The Hall–Kier alpha value is -2.10. The van der Waals surface area contributed by atoms with Gasteiger partial charge in [-0.2, -0.15) is 0 Å². The van der Waals surface area contributed by atoms with Gasteiger partial charge in [-0.3, -0.25) is 0 Å². The lowest BCUT2D eigenvalue weighted by atomic mass is 9.88. The van der Waals surface area contributed by atoms with Gasteiger partial charge in [0.2, 0.25) is 0 Å². The van der Waals surface area contributed by atoms with Crippen LogP contribution < -0.4 is 16.2 Å². The highest BCUT2D eigenvalue weighted by Gasteiger charge is 2.37. The molecule has 1 aromatic carbocycles. The van der Waals surface area contributed by atoms with E-state index in [2.05, 4.69) is 95.3 Å². The van der Waals surface area contributed by atoms with E-state index < -0.39 is 0 Å². The number of rotatable bonds is 6. The first kappa shape index (κ1) is 21.6. The van der Waals surface area contributed by atoms with Gasteiger partial charge in [0.25, 0.3) is 0 Å². The Morgan fingerprint density at radius 3 is 2.59 bits per heavy atom. The molecule has 1 aliphatic carbocycles. The van der Waals surface area contributed by atoms with Crippen LogP contribution >= 0.6 is 0 Å². The maximum atomic E-state index is 6.19. The number of benzene rings is 1. The lowest BCUT2D eigenvalue weighted by molar-refractivity contribution is 0.586. The second-order valence-electron chi connectivity index (χ2n) is 8.76. The molecular formula is C26H37N3. The maximum absolute atomic E-state index is 6.19. The number of hydrogen-bond donors (Lipinski definition) is 2. The van der Waals surface area contributed by atoms with Crippen molar-refractivity contribution in [3.05, 3.63) is 75.4 Å². The Balaban J connectivity index is 1.93. The van der Waals surface area contributed by atoms with E-state index in [4.69, 9.17) is 5.73 Å². The molecule has 3 nitrogen and oxygen atoms in total. The molecule has 0 fully saturated rings. The smallest absolute Gasteiger partial charge is 0.0742 e. The molecule has 2 aliphatic rings. The van der Waals surface area contributed by atoms with Crippen LogP contribution in [-0.4, -0.2) is 18.6 Å². The second-order valence-corrected chi connectivity index (χ2v) is 8.76. The monoisotopic (exact) mass is 391 g/mol. The molecule has 3 heteroatoms. The lowest BCUT2D eigenvalue weighted by Gasteiger charge is -2.31. The lowest BCUT2D eigenvalue weighted by Crippen LogP contribution is -2.45. The number of anilines is 1. The van der Waals surface area contributed by atoms with E-state index in [-0.39, 0.29) is 6.04 Å². The van der Waals surface area contributed by atoms with Crippen LogP contribution in [0.15, 0.2) is 64.3 Å². The van der Waals surface area contributed by atoms with Crippen molar-refractivity contribution in [2.24, 2.45) is 5.73 Å². The number of allylic oxidation sites excluding steroid dienone is 3.